The number of benzene rings is 2. The maximum absolute atomic E-state index is 12.2. The first kappa shape index (κ1) is 20.3. The van der Waals surface area contributed by atoms with Crippen molar-refractivity contribution in [2.45, 2.75) is 33.3 Å². The Morgan fingerprint density at radius 1 is 1.04 bits per heavy atom. The Labute approximate surface area is 159 Å². The molecule has 27 heavy (non-hydrogen) atoms. The van der Waals surface area contributed by atoms with Gasteiger partial charge in [-0.3, -0.25) is 4.79 Å². The van der Waals surface area contributed by atoms with Crippen molar-refractivity contribution in [2.24, 2.45) is 0 Å². The van der Waals surface area contributed by atoms with Crippen molar-refractivity contribution in [1.29, 1.82) is 0 Å². The fourth-order valence-corrected chi connectivity index (χ4v) is 2.40. The van der Waals surface area contributed by atoms with Crippen LogP contribution in [-0.2, 0) is 9.53 Å². The molecule has 0 saturated heterocycles. The smallest absolute Gasteiger partial charge is 0.338 e. The fraction of sp³-hybridized carbons (Fsp3) is 0.333. The zero-order chi connectivity index (χ0) is 19.6. The molecule has 2 rings (SSSR count). The number of nitrogens with one attached hydrogen (secondary N) is 2. The molecule has 2 aromatic carbocycles. The highest BCUT2D eigenvalue weighted by Gasteiger charge is 2.09. The molecular formula is C21H26N2O4. The van der Waals surface area contributed by atoms with E-state index in [4.69, 9.17) is 9.47 Å². The lowest BCUT2D eigenvalue weighted by Gasteiger charge is -2.15. The third-order valence-corrected chi connectivity index (χ3v) is 3.60. The summed E-state index contributed by atoms with van der Waals surface area (Å²) in [4.78, 5) is 23.8. The van der Waals surface area contributed by atoms with Crippen molar-refractivity contribution >= 4 is 23.3 Å². The second kappa shape index (κ2) is 10.2. The lowest BCUT2D eigenvalue weighted by molar-refractivity contribution is -0.116. The molecule has 0 aliphatic carbocycles. The first-order chi connectivity index (χ1) is 13.0. The first-order valence-electron chi connectivity index (χ1n) is 9.06. The summed E-state index contributed by atoms with van der Waals surface area (Å²) in [6, 6.07) is 14.3. The van der Waals surface area contributed by atoms with Gasteiger partial charge in [-0.05, 0) is 57.2 Å². The van der Waals surface area contributed by atoms with Gasteiger partial charge in [0, 0.05) is 18.7 Å². The minimum absolute atomic E-state index is 0.0299. The average molecular weight is 370 g/mol. The van der Waals surface area contributed by atoms with Gasteiger partial charge in [0.15, 0.2) is 0 Å². The van der Waals surface area contributed by atoms with Gasteiger partial charge in [0.05, 0.1) is 24.0 Å². The van der Waals surface area contributed by atoms with Crippen molar-refractivity contribution < 1.29 is 19.1 Å². The Morgan fingerprint density at radius 3 is 2.41 bits per heavy atom. The van der Waals surface area contributed by atoms with Crippen molar-refractivity contribution in [2.75, 3.05) is 23.8 Å². The number of hydrogen-bond acceptors (Lipinski definition) is 5. The van der Waals surface area contributed by atoms with Crippen LogP contribution in [0.2, 0.25) is 0 Å². The molecule has 6 heteroatoms. The second-order valence-corrected chi connectivity index (χ2v) is 6.19. The van der Waals surface area contributed by atoms with Crippen LogP contribution in [0.25, 0.3) is 0 Å². The van der Waals surface area contributed by atoms with Crippen LogP contribution >= 0.6 is 0 Å². The monoisotopic (exact) mass is 370 g/mol. The third-order valence-electron chi connectivity index (χ3n) is 3.60. The molecule has 2 N–H and O–H groups in total. The molecule has 2 aromatic rings. The SMILES string of the molecule is CCOC(=O)c1ccc(NCCC(=O)Nc2ccccc2OC(C)C)cc1. The zero-order valence-corrected chi connectivity index (χ0v) is 16.0. The summed E-state index contributed by atoms with van der Waals surface area (Å²) >= 11 is 0. The molecule has 0 aliphatic heterocycles. The number of carbonyl (C=O) groups is 2. The molecule has 0 fully saturated rings. The van der Waals surface area contributed by atoms with E-state index >= 15 is 0 Å². The Kier molecular flexibility index (Phi) is 7.67. The third kappa shape index (κ3) is 6.66. The molecule has 1 amide bonds. The number of amides is 1. The summed E-state index contributed by atoms with van der Waals surface area (Å²) in [5.41, 5.74) is 2.00. The van der Waals surface area contributed by atoms with Crippen LogP contribution in [-0.4, -0.2) is 31.1 Å². The standard InChI is InChI=1S/C21H26N2O4/c1-4-26-21(25)16-9-11-17(12-10-16)22-14-13-20(24)23-18-7-5-6-8-19(18)27-15(2)3/h5-12,15,22H,4,13-14H2,1-3H3,(H,23,24). The summed E-state index contributed by atoms with van der Waals surface area (Å²) < 4.78 is 10.6. The Morgan fingerprint density at radius 2 is 1.74 bits per heavy atom. The normalized spacial score (nSPS) is 10.4. The van der Waals surface area contributed by atoms with Gasteiger partial charge in [-0.25, -0.2) is 4.79 Å². The van der Waals surface area contributed by atoms with Crippen LogP contribution in [0, 0.1) is 0 Å². The van der Waals surface area contributed by atoms with Gasteiger partial charge in [0.1, 0.15) is 5.75 Å². The minimum Gasteiger partial charge on any atom is -0.489 e. The van der Waals surface area contributed by atoms with E-state index in [0.717, 1.165) is 5.69 Å². The molecule has 0 heterocycles. The number of ether oxygens (including phenoxy) is 2. The van der Waals surface area contributed by atoms with Crippen molar-refractivity contribution in [3.63, 3.8) is 0 Å². The van der Waals surface area contributed by atoms with E-state index in [9.17, 15) is 9.59 Å². The van der Waals surface area contributed by atoms with E-state index in [1.54, 1.807) is 31.2 Å². The van der Waals surface area contributed by atoms with Crippen LogP contribution in [0.5, 0.6) is 5.75 Å². The predicted octanol–water partition coefficient (Wildman–Crippen LogP) is 4.09. The highest BCUT2D eigenvalue weighted by atomic mass is 16.5. The fourth-order valence-electron chi connectivity index (χ4n) is 2.40. The lowest BCUT2D eigenvalue weighted by Crippen LogP contribution is -2.17. The van der Waals surface area contributed by atoms with Crippen LogP contribution in [0.1, 0.15) is 37.6 Å². The molecule has 144 valence electrons. The van der Waals surface area contributed by atoms with Gasteiger partial charge < -0.3 is 20.1 Å². The van der Waals surface area contributed by atoms with E-state index < -0.39 is 0 Å². The van der Waals surface area contributed by atoms with E-state index in [1.807, 2.05) is 38.1 Å². The summed E-state index contributed by atoms with van der Waals surface area (Å²) in [7, 11) is 0. The van der Waals surface area contributed by atoms with Crippen LogP contribution < -0.4 is 15.4 Å². The molecule has 0 spiro atoms. The van der Waals surface area contributed by atoms with Crippen LogP contribution in [0.3, 0.4) is 0 Å². The van der Waals surface area contributed by atoms with Crippen LogP contribution in [0.4, 0.5) is 11.4 Å². The van der Waals surface area contributed by atoms with Gasteiger partial charge in [-0.15, -0.1) is 0 Å². The minimum atomic E-state index is -0.342. The second-order valence-electron chi connectivity index (χ2n) is 6.19. The molecule has 0 bridgehead atoms. The molecule has 0 saturated carbocycles. The molecule has 0 aliphatic rings. The molecule has 0 unspecified atom stereocenters. The van der Waals surface area contributed by atoms with Crippen molar-refractivity contribution in [3.05, 3.63) is 54.1 Å². The summed E-state index contributed by atoms with van der Waals surface area (Å²) in [5.74, 6) is 0.208. The van der Waals surface area contributed by atoms with Gasteiger partial charge in [-0.1, -0.05) is 12.1 Å². The largest absolute Gasteiger partial charge is 0.489 e. The first-order valence-corrected chi connectivity index (χ1v) is 9.06. The number of para-hydroxylation sites is 2. The van der Waals surface area contributed by atoms with Gasteiger partial charge in [-0.2, -0.15) is 0 Å². The van der Waals surface area contributed by atoms with Gasteiger partial charge in [0.25, 0.3) is 0 Å². The topological polar surface area (TPSA) is 76.7 Å². The number of carbonyl (C=O) groups excluding carboxylic acids is 2. The van der Waals surface area contributed by atoms with E-state index in [-0.39, 0.29) is 18.0 Å². The maximum atomic E-state index is 12.2. The number of hydrogen-bond donors (Lipinski definition) is 2. The molecule has 6 nitrogen and oxygen atoms in total. The maximum Gasteiger partial charge on any atom is 0.338 e. The number of rotatable bonds is 9. The number of esters is 1. The highest BCUT2D eigenvalue weighted by molar-refractivity contribution is 5.92. The zero-order valence-electron chi connectivity index (χ0n) is 16.0. The summed E-state index contributed by atoms with van der Waals surface area (Å²) in [6.45, 7) is 6.47. The summed E-state index contributed by atoms with van der Waals surface area (Å²) in [6.07, 6.45) is 0.331. The lowest BCUT2D eigenvalue weighted by atomic mass is 10.2. The van der Waals surface area contributed by atoms with E-state index in [1.165, 1.54) is 0 Å². The highest BCUT2D eigenvalue weighted by Crippen LogP contribution is 2.24. The average Bonchev–Trinajstić information content (AvgIpc) is 2.64. The van der Waals surface area contributed by atoms with Crippen molar-refractivity contribution in [3.8, 4) is 5.75 Å². The quantitative estimate of drug-likeness (QED) is 0.650. The number of anilines is 2. The van der Waals surface area contributed by atoms with Gasteiger partial charge in [0.2, 0.25) is 5.91 Å². The predicted molar refractivity (Wildman–Crippen MR) is 106 cm³/mol. The van der Waals surface area contributed by atoms with Gasteiger partial charge >= 0.3 is 5.97 Å². The molecule has 0 atom stereocenters. The van der Waals surface area contributed by atoms with Crippen molar-refractivity contribution in [1.82, 2.24) is 0 Å². The van der Waals surface area contributed by atoms with E-state index in [2.05, 4.69) is 10.6 Å². The Bertz CT molecular complexity index is 757. The summed E-state index contributed by atoms with van der Waals surface area (Å²) in [5, 5.41) is 6.04. The van der Waals surface area contributed by atoms with E-state index in [0.29, 0.717) is 36.6 Å². The van der Waals surface area contributed by atoms with Crippen LogP contribution in [0.15, 0.2) is 48.5 Å². The molecular weight excluding hydrogens is 344 g/mol. The Hall–Kier alpha value is -3.02. The molecule has 0 aromatic heterocycles. The molecule has 0 radical (unpaired) electrons. The Balaban J connectivity index is 1.82.